The van der Waals surface area contributed by atoms with Gasteiger partial charge < -0.3 is 10.1 Å². The lowest BCUT2D eigenvalue weighted by Gasteiger charge is -2.28. The SMILES string of the molecule is CCCNC(C)(CSc1cc(C)ccc1C)C(=O)OCC. The highest BCUT2D eigenvalue weighted by atomic mass is 32.2. The van der Waals surface area contributed by atoms with E-state index in [1.165, 1.54) is 16.0 Å². The molecular formula is C17H27NO2S. The fourth-order valence-corrected chi connectivity index (χ4v) is 3.19. The van der Waals surface area contributed by atoms with Gasteiger partial charge in [0.05, 0.1) is 6.61 Å². The number of carbonyl (C=O) groups excluding carboxylic acids is 1. The number of hydrogen-bond acceptors (Lipinski definition) is 4. The summed E-state index contributed by atoms with van der Waals surface area (Å²) in [6, 6.07) is 6.41. The fraction of sp³-hybridized carbons (Fsp3) is 0.588. The maximum Gasteiger partial charge on any atom is 0.326 e. The van der Waals surface area contributed by atoms with Crippen molar-refractivity contribution in [3.63, 3.8) is 0 Å². The largest absolute Gasteiger partial charge is 0.465 e. The Balaban J connectivity index is 2.81. The quantitative estimate of drug-likeness (QED) is 0.587. The molecule has 1 unspecified atom stereocenters. The number of hydrogen-bond donors (Lipinski definition) is 1. The minimum atomic E-state index is -0.646. The van der Waals surface area contributed by atoms with Crippen molar-refractivity contribution < 1.29 is 9.53 Å². The minimum Gasteiger partial charge on any atom is -0.465 e. The minimum absolute atomic E-state index is 0.170. The van der Waals surface area contributed by atoms with E-state index in [-0.39, 0.29) is 5.97 Å². The summed E-state index contributed by atoms with van der Waals surface area (Å²) in [6.07, 6.45) is 0.989. The van der Waals surface area contributed by atoms with Gasteiger partial charge in [-0.15, -0.1) is 11.8 Å². The molecule has 4 heteroatoms. The highest BCUT2D eigenvalue weighted by Crippen LogP contribution is 2.27. The first-order valence-corrected chi connectivity index (χ1v) is 8.53. The van der Waals surface area contributed by atoms with Crippen LogP contribution >= 0.6 is 11.8 Å². The molecule has 0 spiro atoms. The van der Waals surface area contributed by atoms with Crippen LogP contribution in [0.15, 0.2) is 23.1 Å². The summed E-state index contributed by atoms with van der Waals surface area (Å²) < 4.78 is 5.23. The van der Waals surface area contributed by atoms with Crippen LogP contribution in [0.25, 0.3) is 0 Å². The van der Waals surface area contributed by atoms with E-state index in [0.717, 1.165) is 13.0 Å². The topological polar surface area (TPSA) is 38.3 Å². The predicted molar refractivity (Wildman–Crippen MR) is 90.0 cm³/mol. The molecule has 0 aliphatic rings. The molecule has 0 aliphatic carbocycles. The molecule has 3 nitrogen and oxygen atoms in total. The molecular weight excluding hydrogens is 282 g/mol. The van der Waals surface area contributed by atoms with E-state index in [0.29, 0.717) is 12.4 Å². The number of nitrogens with one attached hydrogen (secondary N) is 1. The van der Waals surface area contributed by atoms with Crippen molar-refractivity contribution in [2.75, 3.05) is 18.9 Å². The smallest absolute Gasteiger partial charge is 0.326 e. The van der Waals surface area contributed by atoms with Gasteiger partial charge in [-0.05, 0) is 52.3 Å². The van der Waals surface area contributed by atoms with Crippen molar-refractivity contribution in [1.82, 2.24) is 5.32 Å². The van der Waals surface area contributed by atoms with Gasteiger partial charge in [0.1, 0.15) is 5.54 Å². The fourth-order valence-electron chi connectivity index (χ4n) is 1.96. The zero-order valence-corrected chi connectivity index (χ0v) is 14.6. The first-order chi connectivity index (χ1) is 9.92. The van der Waals surface area contributed by atoms with Crippen LogP contribution in [0.1, 0.15) is 38.3 Å². The molecule has 1 atom stereocenters. The van der Waals surface area contributed by atoms with Gasteiger partial charge in [0, 0.05) is 10.6 Å². The molecule has 0 fully saturated rings. The predicted octanol–water partition coefficient (Wildman–Crippen LogP) is 3.72. The lowest BCUT2D eigenvalue weighted by atomic mass is 10.1. The highest BCUT2D eigenvalue weighted by Gasteiger charge is 2.34. The molecule has 118 valence electrons. The molecule has 1 aromatic carbocycles. The molecule has 0 heterocycles. The van der Waals surface area contributed by atoms with Crippen molar-refractivity contribution in [1.29, 1.82) is 0 Å². The average Bonchev–Trinajstić information content (AvgIpc) is 2.46. The lowest BCUT2D eigenvalue weighted by molar-refractivity contribution is -0.149. The summed E-state index contributed by atoms with van der Waals surface area (Å²) in [6.45, 7) is 11.3. The molecule has 0 saturated heterocycles. The Morgan fingerprint density at radius 2 is 2.05 bits per heavy atom. The van der Waals surface area contributed by atoms with Crippen LogP contribution in [-0.4, -0.2) is 30.4 Å². The molecule has 0 saturated carbocycles. The van der Waals surface area contributed by atoms with Crippen LogP contribution in [0, 0.1) is 13.8 Å². The Morgan fingerprint density at radius 3 is 2.67 bits per heavy atom. The summed E-state index contributed by atoms with van der Waals surface area (Å²) in [5, 5.41) is 3.34. The number of ether oxygens (including phenoxy) is 1. The Hall–Kier alpha value is -1.00. The van der Waals surface area contributed by atoms with Crippen LogP contribution in [0.2, 0.25) is 0 Å². The average molecular weight is 309 g/mol. The maximum atomic E-state index is 12.2. The van der Waals surface area contributed by atoms with E-state index in [1.54, 1.807) is 11.8 Å². The third kappa shape index (κ3) is 5.36. The highest BCUT2D eigenvalue weighted by molar-refractivity contribution is 7.99. The molecule has 0 aromatic heterocycles. The van der Waals surface area contributed by atoms with Gasteiger partial charge in [-0.1, -0.05) is 24.6 Å². The molecule has 1 N–H and O–H groups in total. The van der Waals surface area contributed by atoms with Gasteiger partial charge in [0.2, 0.25) is 0 Å². The lowest BCUT2D eigenvalue weighted by Crippen LogP contribution is -2.52. The molecule has 0 radical (unpaired) electrons. The number of benzene rings is 1. The second kappa shape index (κ2) is 8.44. The van der Waals surface area contributed by atoms with Crippen molar-refractivity contribution >= 4 is 17.7 Å². The van der Waals surface area contributed by atoms with Crippen LogP contribution < -0.4 is 5.32 Å². The van der Waals surface area contributed by atoms with Crippen molar-refractivity contribution in [3.05, 3.63) is 29.3 Å². The number of carbonyl (C=O) groups is 1. The molecule has 21 heavy (non-hydrogen) atoms. The first kappa shape index (κ1) is 18.1. The summed E-state index contributed by atoms with van der Waals surface area (Å²) >= 11 is 1.71. The van der Waals surface area contributed by atoms with Gasteiger partial charge >= 0.3 is 5.97 Å². The van der Waals surface area contributed by atoms with Crippen LogP contribution in [0.4, 0.5) is 0 Å². The summed E-state index contributed by atoms with van der Waals surface area (Å²) in [5.41, 5.74) is 1.84. The molecule has 1 rings (SSSR count). The van der Waals surface area contributed by atoms with Crippen molar-refractivity contribution in [2.24, 2.45) is 0 Å². The van der Waals surface area contributed by atoms with Gasteiger partial charge in [0.25, 0.3) is 0 Å². The van der Waals surface area contributed by atoms with Gasteiger partial charge in [-0.3, -0.25) is 4.79 Å². The zero-order chi connectivity index (χ0) is 15.9. The Bertz CT molecular complexity index is 476. The second-order valence-corrected chi connectivity index (χ2v) is 6.55. The zero-order valence-electron chi connectivity index (χ0n) is 13.8. The van der Waals surface area contributed by atoms with E-state index in [9.17, 15) is 4.79 Å². The van der Waals surface area contributed by atoms with E-state index in [2.05, 4.69) is 44.3 Å². The molecule has 0 aliphatic heterocycles. The van der Waals surface area contributed by atoms with Gasteiger partial charge in [0.15, 0.2) is 0 Å². The van der Waals surface area contributed by atoms with Crippen molar-refractivity contribution in [2.45, 2.75) is 51.5 Å². The van der Waals surface area contributed by atoms with Crippen LogP contribution in [-0.2, 0) is 9.53 Å². The van der Waals surface area contributed by atoms with Crippen LogP contribution in [0.5, 0.6) is 0 Å². The van der Waals surface area contributed by atoms with E-state index < -0.39 is 5.54 Å². The van der Waals surface area contributed by atoms with E-state index in [4.69, 9.17) is 4.74 Å². The van der Waals surface area contributed by atoms with E-state index in [1.807, 2.05) is 13.8 Å². The number of rotatable bonds is 8. The molecule has 1 aromatic rings. The Morgan fingerprint density at radius 1 is 1.33 bits per heavy atom. The molecule has 0 amide bonds. The van der Waals surface area contributed by atoms with Crippen molar-refractivity contribution in [3.8, 4) is 0 Å². The maximum absolute atomic E-state index is 12.2. The standard InChI is InChI=1S/C17H27NO2S/c1-6-10-18-17(5,16(19)20-7-2)12-21-15-11-13(3)8-9-14(15)4/h8-9,11,18H,6-7,10,12H2,1-5H3. The summed E-state index contributed by atoms with van der Waals surface area (Å²) in [5.74, 6) is 0.493. The Kier molecular flexibility index (Phi) is 7.26. The normalized spacial score (nSPS) is 13.8. The second-order valence-electron chi connectivity index (χ2n) is 5.54. The first-order valence-electron chi connectivity index (χ1n) is 7.55. The summed E-state index contributed by atoms with van der Waals surface area (Å²) in [4.78, 5) is 13.5. The summed E-state index contributed by atoms with van der Waals surface area (Å²) in [7, 11) is 0. The van der Waals surface area contributed by atoms with E-state index >= 15 is 0 Å². The van der Waals surface area contributed by atoms with Gasteiger partial charge in [-0.2, -0.15) is 0 Å². The number of aryl methyl sites for hydroxylation is 2. The Labute approximate surface area is 132 Å². The van der Waals surface area contributed by atoms with Crippen LogP contribution in [0.3, 0.4) is 0 Å². The van der Waals surface area contributed by atoms with Gasteiger partial charge in [-0.25, -0.2) is 0 Å². The molecule has 0 bridgehead atoms. The number of thioether (sulfide) groups is 1. The number of esters is 1. The third-order valence-corrected chi connectivity index (χ3v) is 4.82. The third-order valence-electron chi connectivity index (χ3n) is 3.35. The monoisotopic (exact) mass is 309 g/mol.